The molecule has 3 heterocycles. The normalized spacial score (nSPS) is 17.4. The van der Waals surface area contributed by atoms with Crippen molar-refractivity contribution >= 4 is 33.1 Å². The molecule has 1 aliphatic rings. The Morgan fingerprint density at radius 1 is 1.46 bits per heavy atom. The Morgan fingerprint density at radius 3 is 3.08 bits per heavy atom. The van der Waals surface area contributed by atoms with E-state index in [1.165, 1.54) is 16.9 Å². The molecule has 0 radical (unpaired) electrons. The lowest BCUT2D eigenvalue weighted by Gasteiger charge is -2.18. The van der Waals surface area contributed by atoms with Crippen LogP contribution in [0.25, 0.3) is 15.9 Å². The number of hydrogen-bond donors (Lipinski definition) is 2. The molecule has 7 nitrogen and oxygen atoms in total. The van der Waals surface area contributed by atoms with Gasteiger partial charge in [-0.25, -0.2) is 9.97 Å². The smallest absolute Gasteiger partial charge is 0.291 e. The van der Waals surface area contributed by atoms with Gasteiger partial charge in [-0.3, -0.25) is 4.79 Å². The SMILES string of the molecule is Cc1nc2sc3c(c2c2nc(C(=O)NCCO)nn12)[C@@H](C)CCC3. The van der Waals surface area contributed by atoms with Crippen molar-refractivity contribution in [2.75, 3.05) is 13.2 Å². The molecule has 1 aliphatic carbocycles. The highest BCUT2D eigenvalue weighted by Crippen LogP contribution is 2.42. The molecule has 2 N–H and O–H groups in total. The van der Waals surface area contributed by atoms with E-state index < -0.39 is 0 Å². The van der Waals surface area contributed by atoms with E-state index in [0.29, 0.717) is 11.6 Å². The van der Waals surface area contributed by atoms with Crippen molar-refractivity contribution in [2.24, 2.45) is 0 Å². The number of fused-ring (bicyclic) bond motifs is 5. The summed E-state index contributed by atoms with van der Waals surface area (Å²) < 4.78 is 1.66. The van der Waals surface area contributed by atoms with Crippen molar-refractivity contribution in [1.29, 1.82) is 0 Å². The molecule has 8 heteroatoms. The number of aliphatic hydroxyl groups is 1. The standard InChI is InChI=1S/C16H19N5O2S/c1-8-4-3-5-10-11(8)12-14-19-13(15(23)17-6-7-22)20-21(14)9(2)18-16(12)24-10/h8,22H,3-7H2,1-2H3,(H,17,23)/t8-/m0/s1. The molecule has 0 fully saturated rings. The number of nitrogens with one attached hydrogen (secondary N) is 1. The fourth-order valence-corrected chi connectivity index (χ4v) is 4.80. The second kappa shape index (κ2) is 5.78. The van der Waals surface area contributed by atoms with Crippen LogP contribution in [0.15, 0.2) is 0 Å². The summed E-state index contributed by atoms with van der Waals surface area (Å²) in [5, 5.41) is 16.8. The number of rotatable bonds is 3. The molecular formula is C16H19N5O2S. The Labute approximate surface area is 142 Å². The van der Waals surface area contributed by atoms with Gasteiger partial charge in [0, 0.05) is 11.4 Å². The van der Waals surface area contributed by atoms with Gasteiger partial charge in [0.15, 0.2) is 5.65 Å². The van der Waals surface area contributed by atoms with E-state index in [4.69, 9.17) is 5.11 Å². The second-order valence-electron chi connectivity index (χ2n) is 6.22. The van der Waals surface area contributed by atoms with Crippen LogP contribution in [0.4, 0.5) is 0 Å². The first kappa shape index (κ1) is 15.5. The first-order valence-corrected chi connectivity index (χ1v) is 8.99. The lowest BCUT2D eigenvalue weighted by Crippen LogP contribution is -2.27. The van der Waals surface area contributed by atoms with E-state index in [1.807, 2.05) is 6.92 Å². The lowest BCUT2D eigenvalue weighted by atomic mass is 9.87. The molecule has 3 aromatic heterocycles. The maximum absolute atomic E-state index is 12.1. The Bertz CT molecular complexity index is 945. The van der Waals surface area contributed by atoms with Crippen LogP contribution >= 0.6 is 11.3 Å². The Morgan fingerprint density at radius 2 is 2.29 bits per heavy atom. The van der Waals surface area contributed by atoms with Gasteiger partial charge in [-0.15, -0.1) is 16.4 Å². The number of thiophene rings is 1. The zero-order valence-electron chi connectivity index (χ0n) is 13.7. The Kier molecular flexibility index (Phi) is 3.73. The van der Waals surface area contributed by atoms with Crippen LogP contribution in [0.2, 0.25) is 0 Å². The fraction of sp³-hybridized carbons (Fsp3) is 0.500. The molecule has 0 aromatic carbocycles. The van der Waals surface area contributed by atoms with Gasteiger partial charge in [-0.05, 0) is 37.7 Å². The molecule has 126 valence electrons. The monoisotopic (exact) mass is 345 g/mol. The minimum atomic E-state index is -0.377. The first-order valence-electron chi connectivity index (χ1n) is 8.18. The topological polar surface area (TPSA) is 92.4 Å². The number of aryl methyl sites for hydroxylation is 2. The van der Waals surface area contributed by atoms with Gasteiger partial charge in [0.2, 0.25) is 5.82 Å². The zero-order valence-corrected chi connectivity index (χ0v) is 14.5. The summed E-state index contributed by atoms with van der Waals surface area (Å²) in [4.78, 5) is 23.7. The number of aromatic nitrogens is 4. The number of amides is 1. The van der Waals surface area contributed by atoms with Gasteiger partial charge in [-0.2, -0.15) is 4.52 Å². The number of nitrogens with zero attached hydrogens (tertiary/aromatic N) is 4. The van der Waals surface area contributed by atoms with E-state index in [-0.39, 0.29) is 24.9 Å². The molecule has 0 saturated heterocycles. The third-order valence-electron chi connectivity index (χ3n) is 4.54. The molecule has 1 atom stereocenters. The van der Waals surface area contributed by atoms with Crippen molar-refractivity contribution in [3.05, 3.63) is 22.1 Å². The third-order valence-corrected chi connectivity index (χ3v) is 5.70. The van der Waals surface area contributed by atoms with Crippen molar-refractivity contribution in [2.45, 2.75) is 39.0 Å². The second-order valence-corrected chi connectivity index (χ2v) is 7.31. The predicted octanol–water partition coefficient (Wildman–Crippen LogP) is 1.81. The molecule has 4 rings (SSSR count). The van der Waals surface area contributed by atoms with Crippen LogP contribution in [-0.4, -0.2) is 43.7 Å². The van der Waals surface area contributed by atoms with Crippen molar-refractivity contribution in [1.82, 2.24) is 24.9 Å². The molecule has 0 unspecified atom stereocenters. The molecule has 0 spiro atoms. The van der Waals surface area contributed by atoms with E-state index in [0.717, 1.165) is 28.9 Å². The van der Waals surface area contributed by atoms with E-state index in [9.17, 15) is 4.79 Å². The van der Waals surface area contributed by atoms with E-state index >= 15 is 0 Å². The molecule has 1 amide bonds. The largest absolute Gasteiger partial charge is 0.395 e. The van der Waals surface area contributed by atoms with Gasteiger partial charge in [0.05, 0.1) is 12.0 Å². The fourth-order valence-electron chi connectivity index (χ4n) is 3.43. The third kappa shape index (κ3) is 2.29. The van der Waals surface area contributed by atoms with Gasteiger partial charge in [0.1, 0.15) is 10.7 Å². The summed E-state index contributed by atoms with van der Waals surface area (Å²) >= 11 is 1.74. The minimum absolute atomic E-state index is 0.112. The lowest BCUT2D eigenvalue weighted by molar-refractivity contribution is 0.0934. The van der Waals surface area contributed by atoms with Crippen LogP contribution in [-0.2, 0) is 6.42 Å². The maximum Gasteiger partial charge on any atom is 0.291 e. The van der Waals surface area contributed by atoms with Crippen molar-refractivity contribution < 1.29 is 9.90 Å². The number of carbonyl (C=O) groups is 1. The highest BCUT2D eigenvalue weighted by molar-refractivity contribution is 7.19. The summed E-state index contributed by atoms with van der Waals surface area (Å²) in [6.07, 6.45) is 3.46. The summed E-state index contributed by atoms with van der Waals surface area (Å²) in [6, 6.07) is 0. The molecule has 0 aliphatic heterocycles. The average Bonchev–Trinajstić information content (AvgIpc) is 3.14. The summed E-state index contributed by atoms with van der Waals surface area (Å²) in [5.41, 5.74) is 2.03. The molecule has 0 saturated carbocycles. The molecule has 0 bridgehead atoms. The summed E-state index contributed by atoms with van der Waals surface area (Å²) in [5.74, 6) is 0.929. The van der Waals surface area contributed by atoms with Crippen LogP contribution in [0.3, 0.4) is 0 Å². The van der Waals surface area contributed by atoms with E-state index in [2.05, 4.69) is 27.3 Å². The van der Waals surface area contributed by atoms with Crippen LogP contribution in [0.1, 0.15) is 52.6 Å². The predicted molar refractivity (Wildman–Crippen MR) is 91.7 cm³/mol. The Hall–Kier alpha value is -2.06. The molecular weight excluding hydrogens is 326 g/mol. The van der Waals surface area contributed by atoms with Crippen molar-refractivity contribution in [3.8, 4) is 0 Å². The highest BCUT2D eigenvalue weighted by atomic mass is 32.1. The van der Waals surface area contributed by atoms with Crippen LogP contribution in [0, 0.1) is 6.92 Å². The first-order chi connectivity index (χ1) is 11.6. The van der Waals surface area contributed by atoms with Crippen LogP contribution in [0.5, 0.6) is 0 Å². The van der Waals surface area contributed by atoms with Gasteiger partial charge >= 0.3 is 0 Å². The highest BCUT2D eigenvalue weighted by Gasteiger charge is 2.26. The zero-order chi connectivity index (χ0) is 16.8. The van der Waals surface area contributed by atoms with Gasteiger partial charge < -0.3 is 10.4 Å². The minimum Gasteiger partial charge on any atom is -0.395 e. The van der Waals surface area contributed by atoms with Gasteiger partial charge in [0.25, 0.3) is 5.91 Å². The quantitative estimate of drug-likeness (QED) is 0.755. The molecule has 24 heavy (non-hydrogen) atoms. The number of aliphatic hydroxyl groups excluding tert-OH is 1. The van der Waals surface area contributed by atoms with E-state index in [1.54, 1.807) is 15.9 Å². The Balaban J connectivity index is 1.94. The number of carbonyl (C=O) groups excluding carboxylic acids is 1. The summed E-state index contributed by atoms with van der Waals surface area (Å²) in [6.45, 7) is 4.19. The summed E-state index contributed by atoms with van der Waals surface area (Å²) in [7, 11) is 0. The van der Waals surface area contributed by atoms with Gasteiger partial charge in [-0.1, -0.05) is 6.92 Å². The van der Waals surface area contributed by atoms with Crippen molar-refractivity contribution in [3.63, 3.8) is 0 Å². The number of hydrogen-bond acceptors (Lipinski definition) is 6. The maximum atomic E-state index is 12.1. The van der Waals surface area contributed by atoms with Crippen LogP contribution < -0.4 is 5.32 Å². The molecule has 3 aromatic rings. The average molecular weight is 345 g/mol.